The van der Waals surface area contributed by atoms with Crippen molar-refractivity contribution < 1.29 is 4.43 Å². The fourth-order valence-electron chi connectivity index (χ4n) is 2.33. The number of rotatable bonds is 3. The van der Waals surface area contributed by atoms with Gasteiger partial charge in [-0.25, -0.2) is 0 Å². The van der Waals surface area contributed by atoms with Crippen molar-refractivity contribution in [3.8, 4) is 0 Å². The van der Waals surface area contributed by atoms with Gasteiger partial charge in [0.2, 0.25) is 0 Å². The predicted octanol–water partition coefficient (Wildman–Crippen LogP) is 4.11. The average molecular weight is 277 g/mol. The summed E-state index contributed by atoms with van der Waals surface area (Å²) in [6.07, 6.45) is 1.46. The molecule has 2 atom stereocenters. The summed E-state index contributed by atoms with van der Waals surface area (Å²) in [7, 11) is -1.64. The van der Waals surface area contributed by atoms with Crippen LogP contribution in [0.3, 0.4) is 0 Å². The van der Waals surface area contributed by atoms with Gasteiger partial charge < -0.3 is 9.74 Å². The Morgan fingerprint density at radius 1 is 1.16 bits per heavy atom. The molecule has 1 aliphatic heterocycles. The number of nitrogens with one attached hydrogen (secondary N) is 1. The van der Waals surface area contributed by atoms with E-state index in [1.807, 2.05) is 0 Å². The summed E-state index contributed by atoms with van der Waals surface area (Å²) >= 11 is 0. The maximum absolute atomic E-state index is 6.49. The van der Waals surface area contributed by atoms with E-state index in [2.05, 4.69) is 69.5 Å². The lowest BCUT2D eigenvalue weighted by atomic mass is 10.1. The molecule has 0 spiro atoms. The largest absolute Gasteiger partial charge is 0.413 e. The van der Waals surface area contributed by atoms with Gasteiger partial charge in [-0.15, -0.1) is 0 Å². The zero-order chi connectivity index (χ0) is 14.1. The molecular weight excluding hydrogens is 250 g/mol. The lowest BCUT2D eigenvalue weighted by Crippen LogP contribution is -2.44. The Balaban J connectivity index is 1.96. The highest BCUT2D eigenvalue weighted by Gasteiger charge is 2.40. The third-order valence-corrected chi connectivity index (χ3v) is 9.09. The molecule has 1 heterocycles. The molecule has 1 aliphatic rings. The number of hydrogen-bond acceptors (Lipinski definition) is 2. The summed E-state index contributed by atoms with van der Waals surface area (Å²) in [5, 5.41) is 3.88. The molecule has 0 amide bonds. The van der Waals surface area contributed by atoms with Gasteiger partial charge >= 0.3 is 0 Å². The van der Waals surface area contributed by atoms with Gasteiger partial charge in [0.05, 0.1) is 6.10 Å². The summed E-state index contributed by atoms with van der Waals surface area (Å²) in [6.45, 7) is 12.6. The maximum Gasteiger partial charge on any atom is 0.192 e. The van der Waals surface area contributed by atoms with E-state index in [1.165, 1.54) is 5.56 Å². The van der Waals surface area contributed by atoms with Crippen molar-refractivity contribution in [1.29, 1.82) is 0 Å². The van der Waals surface area contributed by atoms with Crippen molar-refractivity contribution >= 4 is 8.32 Å². The van der Waals surface area contributed by atoms with Crippen molar-refractivity contribution in [3.05, 3.63) is 35.9 Å². The monoisotopic (exact) mass is 277 g/mol. The van der Waals surface area contributed by atoms with E-state index in [0.29, 0.717) is 12.1 Å². The van der Waals surface area contributed by atoms with E-state index >= 15 is 0 Å². The van der Waals surface area contributed by atoms with Gasteiger partial charge in [-0.05, 0) is 30.1 Å². The molecule has 0 aromatic heterocycles. The Hall–Kier alpha value is -0.643. The normalized spacial score (nSPS) is 24.7. The molecule has 3 heteroatoms. The highest BCUT2D eigenvalue weighted by atomic mass is 28.4. The first-order valence-electron chi connectivity index (χ1n) is 7.26. The van der Waals surface area contributed by atoms with Gasteiger partial charge in [-0.3, -0.25) is 0 Å². The molecule has 0 aliphatic carbocycles. The van der Waals surface area contributed by atoms with Crippen LogP contribution in [0.2, 0.25) is 18.1 Å². The lowest BCUT2D eigenvalue weighted by Gasteiger charge is -2.38. The second kappa shape index (κ2) is 5.39. The summed E-state index contributed by atoms with van der Waals surface area (Å²) in [4.78, 5) is 0. The van der Waals surface area contributed by atoms with E-state index < -0.39 is 8.32 Å². The van der Waals surface area contributed by atoms with Crippen LogP contribution in [0.1, 0.15) is 38.8 Å². The third-order valence-electron chi connectivity index (χ3n) is 4.56. The molecule has 1 unspecified atom stereocenters. The third kappa shape index (κ3) is 3.47. The molecular formula is C16H27NOSi. The van der Waals surface area contributed by atoms with Gasteiger partial charge in [0.25, 0.3) is 0 Å². The molecule has 2 rings (SSSR count). The van der Waals surface area contributed by atoms with E-state index in [1.54, 1.807) is 0 Å². The zero-order valence-corrected chi connectivity index (χ0v) is 13.9. The first kappa shape index (κ1) is 14.8. The molecule has 0 saturated carbocycles. The first-order valence-corrected chi connectivity index (χ1v) is 10.2. The van der Waals surface area contributed by atoms with Crippen LogP contribution in [0, 0.1) is 0 Å². The van der Waals surface area contributed by atoms with Crippen LogP contribution in [0.5, 0.6) is 0 Å². The standard InChI is InChI=1S/C16H27NOSi/c1-16(2,3)19(4,5)18-14-11-15(17-12-14)13-9-7-6-8-10-13/h6-10,14-15,17H,11-12H2,1-5H3/t14?,15-/m0/s1. The van der Waals surface area contributed by atoms with Crippen LogP contribution >= 0.6 is 0 Å². The van der Waals surface area contributed by atoms with Gasteiger partial charge in [0.1, 0.15) is 0 Å². The predicted molar refractivity (Wildman–Crippen MR) is 83.9 cm³/mol. The van der Waals surface area contributed by atoms with Crippen LogP contribution in [0.25, 0.3) is 0 Å². The van der Waals surface area contributed by atoms with Gasteiger partial charge in [-0.1, -0.05) is 51.1 Å². The molecule has 0 bridgehead atoms. The molecule has 1 aromatic carbocycles. The molecule has 1 aromatic rings. The first-order chi connectivity index (χ1) is 8.79. The SMILES string of the molecule is CC(C)(C)[Si](C)(C)OC1CN[C@H](c2ccccc2)C1. The van der Waals surface area contributed by atoms with Crippen LogP contribution in [0.15, 0.2) is 30.3 Å². The minimum absolute atomic E-state index is 0.290. The van der Waals surface area contributed by atoms with Crippen molar-refractivity contribution in [3.63, 3.8) is 0 Å². The summed E-state index contributed by atoms with van der Waals surface area (Å²) in [6, 6.07) is 11.1. The Morgan fingerprint density at radius 2 is 1.79 bits per heavy atom. The summed E-state index contributed by atoms with van der Waals surface area (Å²) in [5.74, 6) is 0. The van der Waals surface area contributed by atoms with Gasteiger partial charge in [0.15, 0.2) is 8.32 Å². The topological polar surface area (TPSA) is 21.3 Å². The summed E-state index contributed by atoms with van der Waals surface area (Å²) < 4.78 is 6.49. The van der Waals surface area contributed by atoms with E-state index in [9.17, 15) is 0 Å². The van der Waals surface area contributed by atoms with Crippen LogP contribution < -0.4 is 5.32 Å². The molecule has 106 valence electrons. The minimum Gasteiger partial charge on any atom is -0.413 e. The quantitative estimate of drug-likeness (QED) is 0.840. The fourth-order valence-corrected chi connectivity index (χ4v) is 3.69. The Labute approximate surface area is 118 Å². The second-order valence-electron chi connectivity index (χ2n) is 7.11. The van der Waals surface area contributed by atoms with Gasteiger partial charge in [0, 0.05) is 12.6 Å². The molecule has 1 fully saturated rings. The van der Waals surface area contributed by atoms with Crippen LogP contribution in [0.4, 0.5) is 0 Å². The highest BCUT2D eigenvalue weighted by molar-refractivity contribution is 6.74. The van der Waals surface area contributed by atoms with E-state index in [0.717, 1.165) is 13.0 Å². The molecule has 0 radical (unpaired) electrons. The van der Waals surface area contributed by atoms with Crippen molar-refractivity contribution in [2.75, 3.05) is 6.54 Å². The zero-order valence-electron chi connectivity index (χ0n) is 12.9. The van der Waals surface area contributed by atoms with E-state index in [4.69, 9.17) is 4.43 Å². The van der Waals surface area contributed by atoms with Crippen molar-refractivity contribution in [2.45, 2.75) is 57.5 Å². The maximum atomic E-state index is 6.49. The fraction of sp³-hybridized carbons (Fsp3) is 0.625. The average Bonchev–Trinajstić information content (AvgIpc) is 2.76. The summed E-state index contributed by atoms with van der Waals surface area (Å²) in [5.41, 5.74) is 1.38. The Morgan fingerprint density at radius 3 is 2.37 bits per heavy atom. The number of benzene rings is 1. The van der Waals surface area contributed by atoms with Crippen molar-refractivity contribution in [1.82, 2.24) is 5.32 Å². The van der Waals surface area contributed by atoms with Crippen LogP contribution in [-0.4, -0.2) is 21.0 Å². The highest BCUT2D eigenvalue weighted by Crippen LogP contribution is 2.39. The van der Waals surface area contributed by atoms with Gasteiger partial charge in [-0.2, -0.15) is 0 Å². The van der Waals surface area contributed by atoms with Crippen molar-refractivity contribution in [2.24, 2.45) is 0 Å². The van der Waals surface area contributed by atoms with Crippen LogP contribution in [-0.2, 0) is 4.43 Å². The Kier molecular flexibility index (Phi) is 4.19. The minimum atomic E-state index is -1.64. The molecule has 19 heavy (non-hydrogen) atoms. The molecule has 2 nitrogen and oxygen atoms in total. The smallest absolute Gasteiger partial charge is 0.192 e. The number of hydrogen-bond donors (Lipinski definition) is 1. The molecule has 1 N–H and O–H groups in total. The lowest BCUT2D eigenvalue weighted by molar-refractivity contribution is 0.197. The second-order valence-corrected chi connectivity index (χ2v) is 11.9. The molecule has 1 saturated heterocycles. The Bertz CT molecular complexity index is 411. The van der Waals surface area contributed by atoms with E-state index in [-0.39, 0.29) is 5.04 Å².